The molecule has 0 aliphatic carbocycles. The third kappa shape index (κ3) is 3.55. The number of carbonyl (C=O) groups excluding carboxylic acids is 1. The van der Waals surface area contributed by atoms with Crippen LogP contribution in [0.3, 0.4) is 0 Å². The second-order valence-corrected chi connectivity index (χ2v) is 6.36. The molecule has 2 saturated heterocycles. The van der Waals surface area contributed by atoms with Crippen LogP contribution in [-0.2, 0) is 4.79 Å². The molecule has 3 rings (SSSR count). The lowest BCUT2D eigenvalue weighted by Gasteiger charge is -2.36. The van der Waals surface area contributed by atoms with Gasteiger partial charge >= 0.3 is 0 Å². The zero-order valence-corrected chi connectivity index (χ0v) is 13.0. The van der Waals surface area contributed by atoms with Crippen LogP contribution in [0.5, 0.6) is 0 Å². The molecule has 0 bridgehead atoms. The topological polar surface area (TPSA) is 39.7 Å². The highest BCUT2D eigenvalue weighted by Gasteiger charge is 2.25. The van der Waals surface area contributed by atoms with Gasteiger partial charge in [0.1, 0.15) is 5.82 Å². The maximum absolute atomic E-state index is 13.2. The minimum atomic E-state index is -0.320. The van der Waals surface area contributed by atoms with Crippen molar-refractivity contribution in [3.05, 3.63) is 24.3 Å². The van der Waals surface area contributed by atoms with Crippen molar-refractivity contribution in [1.29, 1.82) is 0 Å². The van der Waals surface area contributed by atoms with Crippen LogP contribution in [0.15, 0.2) is 18.5 Å². The van der Waals surface area contributed by atoms with E-state index in [-0.39, 0.29) is 11.7 Å². The lowest BCUT2D eigenvalue weighted by atomic mass is 10.2. The van der Waals surface area contributed by atoms with Crippen LogP contribution >= 0.6 is 0 Å². The molecule has 1 amide bonds. The van der Waals surface area contributed by atoms with Crippen molar-refractivity contribution in [2.75, 3.05) is 50.7 Å². The highest BCUT2D eigenvalue weighted by Crippen LogP contribution is 2.17. The van der Waals surface area contributed by atoms with Crippen LogP contribution in [0.4, 0.5) is 10.1 Å². The third-order valence-corrected chi connectivity index (χ3v) is 4.55. The Balaban J connectivity index is 1.50. The van der Waals surface area contributed by atoms with E-state index in [0.717, 1.165) is 31.9 Å². The number of aromatic nitrogens is 1. The summed E-state index contributed by atoms with van der Waals surface area (Å²) in [5.74, 6) is 0.593. The number of nitrogens with zero attached hydrogens (tertiary/aromatic N) is 4. The zero-order valence-electron chi connectivity index (χ0n) is 13.0. The van der Waals surface area contributed by atoms with Gasteiger partial charge in [0, 0.05) is 38.8 Å². The van der Waals surface area contributed by atoms with Gasteiger partial charge in [-0.15, -0.1) is 0 Å². The fourth-order valence-electron chi connectivity index (χ4n) is 3.25. The van der Waals surface area contributed by atoms with Crippen molar-refractivity contribution < 1.29 is 9.18 Å². The second-order valence-electron chi connectivity index (χ2n) is 6.36. The van der Waals surface area contributed by atoms with E-state index < -0.39 is 0 Å². The van der Waals surface area contributed by atoms with Crippen molar-refractivity contribution in [1.82, 2.24) is 14.8 Å². The number of pyridine rings is 1. The molecule has 0 radical (unpaired) electrons. The van der Waals surface area contributed by atoms with Crippen LogP contribution in [0, 0.1) is 11.7 Å². The van der Waals surface area contributed by atoms with Crippen LogP contribution in [0.2, 0.25) is 0 Å². The van der Waals surface area contributed by atoms with Gasteiger partial charge in [0.15, 0.2) is 0 Å². The van der Waals surface area contributed by atoms with E-state index in [9.17, 15) is 9.18 Å². The number of carbonyl (C=O) groups is 1. The maximum atomic E-state index is 13.2. The highest BCUT2D eigenvalue weighted by atomic mass is 19.1. The van der Waals surface area contributed by atoms with Gasteiger partial charge in [0.05, 0.1) is 24.6 Å². The Bertz CT molecular complexity index is 531. The summed E-state index contributed by atoms with van der Waals surface area (Å²) in [6.45, 7) is 7.67. The fraction of sp³-hybridized carbons (Fsp3) is 0.625. The summed E-state index contributed by atoms with van der Waals surface area (Å²) in [5.41, 5.74) is 0.792. The number of amides is 1. The molecule has 2 aliphatic rings. The molecule has 1 aromatic rings. The first kappa shape index (κ1) is 15.2. The second kappa shape index (κ2) is 6.60. The Morgan fingerprint density at radius 1 is 1.27 bits per heavy atom. The van der Waals surface area contributed by atoms with Gasteiger partial charge in [0.2, 0.25) is 5.91 Å². The molecule has 0 N–H and O–H groups in total. The van der Waals surface area contributed by atoms with Gasteiger partial charge in [-0.25, -0.2) is 4.39 Å². The lowest BCUT2D eigenvalue weighted by molar-refractivity contribution is -0.132. The van der Waals surface area contributed by atoms with Crippen molar-refractivity contribution in [3.63, 3.8) is 0 Å². The Morgan fingerprint density at radius 3 is 2.68 bits per heavy atom. The highest BCUT2D eigenvalue weighted by molar-refractivity contribution is 5.78. The average Bonchev–Trinajstić information content (AvgIpc) is 2.92. The van der Waals surface area contributed by atoms with E-state index in [1.807, 2.05) is 4.90 Å². The first-order valence-electron chi connectivity index (χ1n) is 7.97. The summed E-state index contributed by atoms with van der Waals surface area (Å²) < 4.78 is 13.2. The lowest BCUT2D eigenvalue weighted by Crippen LogP contribution is -2.51. The molecule has 1 unspecified atom stereocenters. The molecule has 2 aliphatic heterocycles. The van der Waals surface area contributed by atoms with E-state index in [1.54, 1.807) is 6.20 Å². The van der Waals surface area contributed by atoms with Gasteiger partial charge in [-0.1, -0.05) is 6.92 Å². The van der Waals surface area contributed by atoms with Gasteiger partial charge in [-0.2, -0.15) is 0 Å². The van der Waals surface area contributed by atoms with Crippen molar-refractivity contribution >= 4 is 11.6 Å². The summed E-state index contributed by atoms with van der Waals surface area (Å²) >= 11 is 0. The molecule has 120 valence electrons. The number of hydrogen-bond acceptors (Lipinski definition) is 4. The van der Waals surface area contributed by atoms with Gasteiger partial charge in [-0.05, 0) is 18.9 Å². The number of piperazine rings is 1. The van der Waals surface area contributed by atoms with Crippen LogP contribution in [0.1, 0.15) is 13.3 Å². The van der Waals surface area contributed by atoms with Gasteiger partial charge < -0.3 is 9.80 Å². The normalized spacial score (nSPS) is 23.1. The molecule has 0 spiro atoms. The average molecular weight is 306 g/mol. The minimum absolute atomic E-state index is 0.214. The number of hydrogen-bond donors (Lipinski definition) is 0. The number of anilines is 1. The summed E-state index contributed by atoms with van der Waals surface area (Å²) in [7, 11) is 0. The molecule has 2 fully saturated rings. The van der Waals surface area contributed by atoms with Crippen molar-refractivity contribution in [3.8, 4) is 0 Å². The predicted molar refractivity (Wildman–Crippen MR) is 83.2 cm³/mol. The first-order chi connectivity index (χ1) is 10.6. The van der Waals surface area contributed by atoms with Gasteiger partial charge in [0.25, 0.3) is 0 Å². The zero-order chi connectivity index (χ0) is 15.5. The summed E-state index contributed by atoms with van der Waals surface area (Å²) in [6, 6.07) is 1.50. The molecule has 6 heteroatoms. The fourth-order valence-corrected chi connectivity index (χ4v) is 3.25. The van der Waals surface area contributed by atoms with E-state index in [1.165, 1.54) is 18.7 Å². The van der Waals surface area contributed by atoms with Crippen molar-refractivity contribution in [2.45, 2.75) is 13.3 Å². The third-order valence-electron chi connectivity index (χ3n) is 4.55. The predicted octanol–water partition coefficient (Wildman–Crippen LogP) is 1.21. The van der Waals surface area contributed by atoms with E-state index >= 15 is 0 Å². The molecular weight excluding hydrogens is 283 g/mol. The molecule has 3 heterocycles. The van der Waals surface area contributed by atoms with Crippen LogP contribution in [0.25, 0.3) is 0 Å². The maximum Gasteiger partial charge on any atom is 0.236 e. The Hall–Kier alpha value is -1.69. The molecule has 0 saturated carbocycles. The quantitative estimate of drug-likeness (QED) is 0.841. The molecular formula is C16H23FN4O. The number of likely N-dealkylation sites (tertiary alicyclic amines) is 1. The molecule has 0 aromatic carbocycles. The Morgan fingerprint density at radius 2 is 2.05 bits per heavy atom. The summed E-state index contributed by atoms with van der Waals surface area (Å²) in [6.07, 6.45) is 4.07. The van der Waals surface area contributed by atoms with E-state index in [0.29, 0.717) is 25.6 Å². The molecule has 22 heavy (non-hydrogen) atoms. The smallest absolute Gasteiger partial charge is 0.236 e. The Labute approximate surface area is 130 Å². The largest absolute Gasteiger partial charge is 0.367 e. The van der Waals surface area contributed by atoms with E-state index in [2.05, 4.69) is 21.7 Å². The molecule has 1 atom stereocenters. The summed E-state index contributed by atoms with van der Waals surface area (Å²) in [4.78, 5) is 22.5. The monoisotopic (exact) mass is 306 g/mol. The Kier molecular flexibility index (Phi) is 4.57. The number of rotatable bonds is 3. The first-order valence-corrected chi connectivity index (χ1v) is 7.97. The SMILES string of the molecule is CC1CCN(CC(=O)N2CCN(c3cncc(F)c3)CC2)C1. The summed E-state index contributed by atoms with van der Waals surface area (Å²) in [5, 5.41) is 0. The van der Waals surface area contributed by atoms with Crippen LogP contribution < -0.4 is 4.90 Å². The van der Waals surface area contributed by atoms with Crippen LogP contribution in [-0.4, -0.2) is 66.5 Å². The standard InChI is InChI=1S/C16H23FN4O/c1-13-2-3-19(11-13)12-16(22)21-6-4-20(5-7-21)15-8-14(17)9-18-10-15/h8-10,13H,2-7,11-12H2,1H3. The minimum Gasteiger partial charge on any atom is -0.367 e. The van der Waals surface area contributed by atoms with E-state index in [4.69, 9.17) is 0 Å². The molecule has 1 aromatic heterocycles. The van der Waals surface area contributed by atoms with Gasteiger partial charge in [-0.3, -0.25) is 14.7 Å². The van der Waals surface area contributed by atoms with Crippen molar-refractivity contribution in [2.24, 2.45) is 5.92 Å². The molecule has 5 nitrogen and oxygen atoms in total. The number of halogens is 1.